The van der Waals surface area contributed by atoms with Crippen molar-refractivity contribution in [2.45, 2.75) is 32.6 Å². The average molecular weight is 710 g/mol. The number of fused-ring (bicyclic) bond motifs is 3. The van der Waals surface area contributed by atoms with Gasteiger partial charge in [0, 0.05) is 10.4 Å². The second-order valence-electron chi connectivity index (χ2n) is 8.27. The summed E-state index contributed by atoms with van der Waals surface area (Å²) in [6.07, 6.45) is 5.68. The Morgan fingerprint density at radius 3 is 2.71 bits per heavy atom. The van der Waals surface area contributed by atoms with Gasteiger partial charge in [-0.25, -0.2) is 10.4 Å². The molecule has 0 atom stereocenters. The summed E-state index contributed by atoms with van der Waals surface area (Å²) in [5, 5.41) is 14.7. The fourth-order valence-corrected chi connectivity index (χ4v) is 7.40. The van der Waals surface area contributed by atoms with Crippen LogP contribution >= 0.6 is 56.5 Å². The Morgan fingerprint density at radius 2 is 1.94 bits per heavy atom. The minimum atomic E-state index is -0.390. The van der Waals surface area contributed by atoms with Crippen molar-refractivity contribution >= 4 is 78.9 Å². The van der Waals surface area contributed by atoms with Gasteiger partial charge in [-0.1, -0.05) is 6.07 Å². The fourth-order valence-electron chi connectivity index (χ4n) is 4.29. The Morgan fingerprint density at radius 1 is 1.20 bits per heavy atom. The second kappa shape index (κ2) is 9.97. The molecule has 1 aliphatic rings. The molecule has 5 rings (SSSR count). The lowest BCUT2D eigenvalue weighted by atomic mass is 9.97. The number of thiophene rings is 1. The van der Waals surface area contributed by atoms with Gasteiger partial charge in [-0.3, -0.25) is 14.2 Å². The van der Waals surface area contributed by atoms with Crippen molar-refractivity contribution < 1.29 is 9.90 Å². The third kappa shape index (κ3) is 4.75. The summed E-state index contributed by atoms with van der Waals surface area (Å²) in [4.78, 5) is 33.1. The number of carbonyl (C=O) groups is 1. The SMILES string of the molecule is Cc1nc2sc3c(c2c(=O)n1-c1cccc(C(=O)N/N=C/c2cc(I)c(O)c(I)c2)c1)CCCC3. The molecule has 2 N–H and O–H groups in total. The normalized spacial score (nSPS) is 13.3. The molecule has 0 unspecified atom stereocenters. The van der Waals surface area contributed by atoms with E-state index in [1.807, 2.05) is 52.1 Å². The number of nitrogens with one attached hydrogen (secondary N) is 1. The highest BCUT2D eigenvalue weighted by Gasteiger charge is 2.22. The second-order valence-corrected chi connectivity index (χ2v) is 11.7. The number of phenols is 1. The van der Waals surface area contributed by atoms with Crippen LogP contribution in [0.5, 0.6) is 5.75 Å². The number of benzene rings is 2. The first kappa shape index (κ1) is 24.4. The van der Waals surface area contributed by atoms with Crippen molar-refractivity contribution in [3.8, 4) is 11.4 Å². The Labute approximate surface area is 232 Å². The van der Waals surface area contributed by atoms with Crippen LogP contribution in [-0.2, 0) is 12.8 Å². The first-order valence-corrected chi connectivity index (χ1v) is 14.0. The van der Waals surface area contributed by atoms with E-state index in [1.54, 1.807) is 52.3 Å². The van der Waals surface area contributed by atoms with Crippen LogP contribution in [0.3, 0.4) is 0 Å². The molecule has 1 amide bonds. The van der Waals surface area contributed by atoms with E-state index in [1.165, 1.54) is 11.1 Å². The summed E-state index contributed by atoms with van der Waals surface area (Å²) in [7, 11) is 0. The third-order valence-electron chi connectivity index (χ3n) is 5.94. The first-order chi connectivity index (χ1) is 16.8. The molecule has 0 saturated heterocycles. The van der Waals surface area contributed by atoms with Crippen LogP contribution in [0, 0.1) is 14.1 Å². The zero-order valence-electron chi connectivity index (χ0n) is 18.6. The highest BCUT2D eigenvalue weighted by molar-refractivity contribution is 14.1. The summed E-state index contributed by atoms with van der Waals surface area (Å²) < 4.78 is 2.99. The van der Waals surface area contributed by atoms with E-state index in [4.69, 9.17) is 4.98 Å². The molecule has 7 nitrogen and oxygen atoms in total. The molecule has 0 saturated carbocycles. The Kier molecular flexibility index (Phi) is 6.95. The van der Waals surface area contributed by atoms with E-state index in [2.05, 4.69) is 10.5 Å². The minimum absolute atomic E-state index is 0.0842. The maximum Gasteiger partial charge on any atom is 0.271 e. The number of halogens is 2. The highest BCUT2D eigenvalue weighted by Crippen LogP contribution is 2.34. The van der Waals surface area contributed by atoms with Gasteiger partial charge in [-0.2, -0.15) is 5.10 Å². The van der Waals surface area contributed by atoms with Crippen LogP contribution < -0.4 is 11.0 Å². The molecule has 35 heavy (non-hydrogen) atoms. The standard InChI is InChI=1S/C25H20I2N4O3S/c1-13-29-24-21(17-7-2-3-8-20(17)35-24)25(34)31(13)16-6-4-5-15(11-16)23(33)30-28-12-14-9-18(26)22(32)19(27)10-14/h4-6,9-12,32H,2-3,7-8H2,1H3,(H,30,33)/b28-12+. The predicted molar refractivity (Wildman–Crippen MR) is 155 cm³/mol. The van der Waals surface area contributed by atoms with Crippen LogP contribution in [-0.4, -0.2) is 26.8 Å². The van der Waals surface area contributed by atoms with Crippen molar-refractivity contribution in [2.75, 3.05) is 0 Å². The van der Waals surface area contributed by atoms with Crippen LogP contribution in [0.2, 0.25) is 0 Å². The molecule has 2 aromatic carbocycles. The molecule has 0 spiro atoms. The number of aryl methyl sites for hydroxylation is 3. The molecule has 0 radical (unpaired) electrons. The number of hydrazone groups is 1. The molecule has 0 bridgehead atoms. The number of aromatic hydroxyl groups is 1. The van der Waals surface area contributed by atoms with E-state index in [9.17, 15) is 14.7 Å². The monoisotopic (exact) mass is 710 g/mol. The summed E-state index contributed by atoms with van der Waals surface area (Å²) >= 11 is 5.72. The molecule has 10 heteroatoms. The van der Waals surface area contributed by atoms with E-state index in [-0.39, 0.29) is 17.2 Å². The number of amides is 1. The molecule has 1 aliphatic carbocycles. The molecular weight excluding hydrogens is 690 g/mol. The maximum atomic E-state index is 13.6. The van der Waals surface area contributed by atoms with Gasteiger partial charge in [0.2, 0.25) is 0 Å². The zero-order chi connectivity index (χ0) is 24.7. The Balaban J connectivity index is 1.44. The topological polar surface area (TPSA) is 96.6 Å². The predicted octanol–water partition coefficient (Wildman–Crippen LogP) is 5.31. The number of hydrogen-bond acceptors (Lipinski definition) is 6. The van der Waals surface area contributed by atoms with Gasteiger partial charge >= 0.3 is 0 Å². The van der Waals surface area contributed by atoms with Crippen molar-refractivity contribution in [3.05, 3.63) is 81.3 Å². The molecule has 4 aromatic rings. The molecule has 2 heterocycles. The molecule has 0 fully saturated rings. The van der Waals surface area contributed by atoms with Crippen LogP contribution in [0.25, 0.3) is 15.9 Å². The van der Waals surface area contributed by atoms with E-state index >= 15 is 0 Å². The lowest BCUT2D eigenvalue weighted by molar-refractivity contribution is 0.0955. The average Bonchev–Trinajstić information content (AvgIpc) is 3.21. The quantitative estimate of drug-likeness (QED) is 0.171. The Bertz CT molecular complexity index is 1550. The highest BCUT2D eigenvalue weighted by atomic mass is 127. The number of rotatable bonds is 4. The third-order valence-corrected chi connectivity index (χ3v) is 8.77. The number of hydrogen-bond donors (Lipinski definition) is 2. The van der Waals surface area contributed by atoms with Crippen LogP contribution in [0.4, 0.5) is 0 Å². The zero-order valence-corrected chi connectivity index (χ0v) is 23.8. The smallest absolute Gasteiger partial charge is 0.271 e. The van der Waals surface area contributed by atoms with Crippen molar-refractivity contribution in [3.63, 3.8) is 0 Å². The summed E-state index contributed by atoms with van der Waals surface area (Å²) in [5.74, 6) is 0.428. The number of phenolic OH excluding ortho intramolecular Hbond substituents is 1. The maximum absolute atomic E-state index is 13.6. The van der Waals surface area contributed by atoms with Gasteiger partial charge < -0.3 is 5.11 Å². The van der Waals surface area contributed by atoms with Gasteiger partial charge in [-0.05, 0) is 119 Å². The van der Waals surface area contributed by atoms with E-state index < -0.39 is 0 Å². The Hall–Kier alpha value is -2.32. The summed E-state index contributed by atoms with van der Waals surface area (Å²) in [6.45, 7) is 1.82. The van der Waals surface area contributed by atoms with Crippen molar-refractivity contribution in [1.82, 2.24) is 15.0 Å². The molecule has 2 aromatic heterocycles. The van der Waals surface area contributed by atoms with Crippen molar-refractivity contribution in [2.24, 2.45) is 5.10 Å². The van der Waals surface area contributed by atoms with Gasteiger partial charge in [0.15, 0.2) is 0 Å². The van der Waals surface area contributed by atoms with Gasteiger partial charge in [0.25, 0.3) is 11.5 Å². The molecule has 178 valence electrons. The lowest BCUT2D eigenvalue weighted by Crippen LogP contribution is -2.23. The van der Waals surface area contributed by atoms with Crippen molar-refractivity contribution in [1.29, 1.82) is 0 Å². The number of aromatic nitrogens is 2. The molecule has 0 aliphatic heterocycles. The number of nitrogens with zero attached hydrogens (tertiary/aromatic N) is 3. The largest absolute Gasteiger partial charge is 0.506 e. The fraction of sp³-hybridized carbons (Fsp3) is 0.200. The number of carbonyl (C=O) groups excluding carboxylic acids is 1. The minimum Gasteiger partial charge on any atom is -0.506 e. The summed E-state index contributed by atoms with van der Waals surface area (Å²) in [6, 6.07) is 10.5. The molecular formula is C25H20I2N4O3S. The van der Waals surface area contributed by atoms with E-state index in [0.717, 1.165) is 41.6 Å². The van der Waals surface area contributed by atoms with Gasteiger partial charge in [0.05, 0.1) is 24.4 Å². The van der Waals surface area contributed by atoms with Crippen LogP contribution in [0.1, 0.15) is 45.0 Å². The van der Waals surface area contributed by atoms with E-state index in [0.29, 0.717) is 29.6 Å². The van der Waals surface area contributed by atoms with Crippen LogP contribution in [0.15, 0.2) is 46.3 Å². The van der Waals surface area contributed by atoms with Gasteiger partial charge in [-0.15, -0.1) is 11.3 Å². The summed E-state index contributed by atoms with van der Waals surface area (Å²) in [5.41, 5.74) is 5.33. The first-order valence-electron chi connectivity index (χ1n) is 11.0. The lowest BCUT2D eigenvalue weighted by Gasteiger charge is -2.12. The van der Waals surface area contributed by atoms with Gasteiger partial charge in [0.1, 0.15) is 16.4 Å².